The van der Waals surface area contributed by atoms with E-state index in [0.717, 1.165) is 30.4 Å². The SMILES string of the molecule is COC(=O)Oc1c2c(c(OC(=O)OC)c3ccccc13)CC(C)CC2. The van der Waals surface area contributed by atoms with Crippen LogP contribution in [0.15, 0.2) is 24.3 Å². The van der Waals surface area contributed by atoms with Crippen molar-refractivity contribution in [3.63, 3.8) is 0 Å². The third kappa shape index (κ3) is 3.24. The van der Waals surface area contributed by atoms with Crippen LogP contribution in [-0.4, -0.2) is 26.5 Å². The molecule has 0 saturated heterocycles. The smallest absolute Gasteiger partial charge is 0.437 e. The van der Waals surface area contributed by atoms with Crippen molar-refractivity contribution in [2.24, 2.45) is 5.92 Å². The molecule has 0 radical (unpaired) electrons. The van der Waals surface area contributed by atoms with Gasteiger partial charge in [0.05, 0.1) is 14.2 Å². The maximum atomic E-state index is 11.8. The lowest BCUT2D eigenvalue weighted by atomic mass is 9.82. The Morgan fingerprint density at radius 3 is 1.96 bits per heavy atom. The van der Waals surface area contributed by atoms with Crippen LogP contribution in [0.1, 0.15) is 24.5 Å². The minimum absolute atomic E-state index is 0.430. The fourth-order valence-corrected chi connectivity index (χ4v) is 3.28. The van der Waals surface area contributed by atoms with Crippen LogP contribution in [0.3, 0.4) is 0 Å². The highest BCUT2D eigenvalue weighted by Gasteiger charge is 2.28. The molecule has 0 aliphatic heterocycles. The first kappa shape index (κ1) is 17.1. The van der Waals surface area contributed by atoms with Crippen LogP contribution in [0.4, 0.5) is 9.59 Å². The Balaban J connectivity index is 2.27. The minimum atomic E-state index is -0.771. The number of carbonyl (C=O) groups excluding carboxylic acids is 2. The summed E-state index contributed by atoms with van der Waals surface area (Å²) in [6.07, 6.45) is 0.871. The molecule has 0 saturated carbocycles. The Hall–Kier alpha value is -2.76. The summed E-state index contributed by atoms with van der Waals surface area (Å²) in [5.41, 5.74) is 1.75. The van der Waals surface area contributed by atoms with Gasteiger partial charge in [-0.25, -0.2) is 9.59 Å². The molecule has 25 heavy (non-hydrogen) atoms. The van der Waals surface area contributed by atoms with Crippen LogP contribution < -0.4 is 9.47 Å². The van der Waals surface area contributed by atoms with Crippen molar-refractivity contribution in [1.29, 1.82) is 0 Å². The van der Waals surface area contributed by atoms with Crippen molar-refractivity contribution in [3.05, 3.63) is 35.4 Å². The Kier molecular flexibility index (Phi) is 4.79. The minimum Gasteiger partial charge on any atom is -0.437 e. The molecule has 1 unspecified atom stereocenters. The van der Waals surface area contributed by atoms with Crippen LogP contribution in [0.2, 0.25) is 0 Å². The molecule has 1 aliphatic carbocycles. The summed E-state index contributed by atoms with van der Waals surface area (Å²) in [6, 6.07) is 7.34. The van der Waals surface area contributed by atoms with Crippen molar-refractivity contribution < 1.29 is 28.5 Å². The van der Waals surface area contributed by atoms with E-state index >= 15 is 0 Å². The van der Waals surface area contributed by atoms with Crippen molar-refractivity contribution in [2.75, 3.05) is 14.2 Å². The monoisotopic (exact) mass is 344 g/mol. The number of hydrogen-bond acceptors (Lipinski definition) is 6. The Morgan fingerprint density at radius 2 is 1.44 bits per heavy atom. The summed E-state index contributed by atoms with van der Waals surface area (Å²) in [7, 11) is 2.54. The molecule has 0 fully saturated rings. The van der Waals surface area contributed by atoms with Gasteiger partial charge in [-0.2, -0.15) is 0 Å². The van der Waals surface area contributed by atoms with Gasteiger partial charge in [-0.05, 0) is 25.2 Å². The van der Waals surface area contributed by atoms with E-state index in [1.165, 1.54) is 14.2 Å². The first-order valence-corrected chi connectivity index (χ1v) is 8.13. The second-order valence-electron chi connectivity index (χ2n) is 6.12. The highest BCUT2D eigenvalue weighted by Crippen LogP contribution is 2.45. The zero-order valence-corrected chi connectivity index (χ0v) is 14.5. The number of ether oxygens (including phenoxy) is 4. The zero-order chi connectivity index (χ0) is 18.0. The largest absolute Gasteiger partial charge is 0.513 e. The third-order valence-corrected chi connectivity index (χ3v) is 4.47. The van der Waals surface area contributed by atoms with E-state index in [9.17, 15) is 9.59 Å². The highest BCUT2D eigenvalue weighted by atomic mass is 16.7. The fourth-order valence-electron chi connectivity index (χ4n) is 3.28. The van der Waals surface area contributed by atoms with E-state index in [0.29, 0.717) is 28.2 Å². The van der Waals surface area contributed by atoms with E-state index in [1.54, 1.807) is 0 Å². The predicted octanol–water partition coefficient (Wildman–Crippen LogP) is 4.26. The lowest BCUT2D eigenvalue weighted by molar-refractivity contribution is 0.119. The second-order valence-corrected chi connectivity index (χ2v) is 6.12. The van der Waals surface area contributed by atoms with E-state index in [-0.39, 0.29) is 0 Å². The standard InChI is InChI=1S/C19H20O6/c1-11-8-9-14-15(10-11)17(25-19(21)23-3)13-7-5-4-6-12(13)16(14)24-18(20)22-2/h4-7,11H,8-10H2,1-3H3. The lowest BCUT2D eigenvalue weighted by Crippen LogP contribution is -2.18. The molecule has 0 spiro atoms. The number of hydrogen-bond donors (Lipinski definition) is 0. The maximum Gasteiger partial charge on any atom is 0.513 e. The fraction of sp³-hybridized carbons (Fsp3) is 0.368. The molecule has 2 aromatic rings. The molecule has 2 aromatic carbocycles. The molecule has 0 heterocycles. The van der Waals surface area contributed by atoms with Gasteiger partial charge in [0, 0.05) is 21.9 Å². The summed E-state index contributed by atoms with van der Waals surface area (Å²) >= 11 is 0. The van der Waals surface area contributed by atoms with Crippen molar-refractivity contribution in [2.45, 2.75) is 26.2 Å². The number of rotatable bonds is 2. The molecule has 0 amide bonds. The normalized spacial score (nSPS) is 16.0. The van der Waals surface area contributed by atoms with E-state index in [4.69, 9.17) is 9.47 Å². The van der Waals surface area contributed by atoms with Crippen molar-refractivity contribution in [1.82, 2.24) is 0 Å². The average Bonchev–Trinajstić information content (AvgIpc) is 2.63. The first-order valence-electron chi connectivity index (χ1n) is 8.13. The van der Waals surface area contributed by atoms with Gasteiger partial charge in [-0.3, -0.25) is 0 Å². The molecule has 0 bridgehead atoms. The molecule has 0 aromatic heterocycles. The number of methoxy groups -OCH3 is 2. The molecular formula is C19H20O6. The van der Waals surface area contributed by atoms with Gasteiger partial charge in [0.1, 0.15) is 11.5 Å². The molecule has 6 heteroatoms. The topological polar surface area (TPSA) is 71.1 Å². The molecule has 0 N–H and O–H groups in total. The highest BCUT2D eigenvalue weighted by molar-refractivity contribution is 5.98. The molecule has 3 rings (SSSR count). The van der Waals surface area contributed by atoms with Gasteiger partial charge in [0.15, 0.2) is 0 Å². The maximum absolute atomic E-state index is 11.8. The molecule has 1 aliphatic rings. The van der Waals surface area contributed by atoms with Gasteiger partial charge >= 0.3 is 12.3 Å². The van der Waals surface area contributed by atoms with Gasteiger partial charge in [0.25, 0.3) is 0 Å². The van der Waals surface area contributed by atoms with Gasteiger partial charge in [-0.15, -0.1) is 0 Å². The zero-order valence-electron chi connectivity index (χ0n) is 14.5. The Morgan fingerprint density at radius 1 is 0.920 bits per heavy atom. The molecule has 6 nitrogen and oxygen atoms in total. The molecular weight excluding hydrogens is 324 g/mol. The van der Waals surface area contributed by atoms with E-state index in [2.05, 4.69) is 16.4 Å². The van der Waals surface area contributed by atoms with Gasteiger partial charge < -0.3 is 18.9 Å². The average molecular weight is 344 g/mol. The number of carbonyl (C=O) groups is 2. The molecule has 132 valence electrons. The summed E-state index contributed by atoms with van der Waals surface area (Å²) in [5, 5.41) is 1.39. The Labute approximate surface area is 145 Å². The number of benzene rings is 2. The van der Waals surface area contributed by atoms with Gasteiger partial charge in [-0.1, -0.05) is 31.2 Å². The summed E-state index contributed by atoms with van der Waals surface area (Å²) < 4.78 is 20.3. The first-order chi connectivity index (χ1) is 12.0. The van der Waals surface area contributed by atoms with Crippen LogP contribution in [0, 0.1) is 5.92 Å². The van der Waals surface area contributed by atoms with E-state index < -0.39 is 12.3 Å². The van der Waals surface area contributed by atoms with Crippen LogP contribution in [-0.2, 0) is 22.3 Å². The van der Waals surface area contributed by atoms with Gasteiger partial charge in [0.2, 0.25) is 0 Å². The summed E-state index contributed by atoms with van der Waals surface area (Å²) in [5.74, 6) is 1.38. The van der Waals surface area contributed by atoms with E-state index in [1.807, 2.05) is 24.3 Å². The number of fused-ring (bicyclic) bond motifs is 2. The third-order valence-electron chi connectivity index (χ3n) is 4.47. The van der Waals surface area contributed by atoms with Crippen LogP contribution >= 0.6 is 0 Å². The van der Waals surface area contributed by atoms with Crippen LogP contribution in [0.5, 0.6) is 11.5 Å². The second kappa shape index (κ2) is 7.01. The summed E-state index contributed by atoms with van der Waals surface area (Å²) in [4.78, 5) is 23.5. The van der Waals surface area contributed by atoms with Crippen molar-refractivity contribution >= 4 is 23.1 Å². The Bertz CT molecular complexity index is 826. The van der Waals surface area contributed by atoms with Crippen molar-refractivity contribution in [3.8, 4) is 11.5 Å². The summed E-state index contributed by atoms with van der Waals surface area (Å²) in [6.45, 7) is 2.14. The molecule has 1 atom stereocenters. The van der Waals surface area contributed by atoms with Crippen LogP contribution in [0.25, 0.3) is 10.8 Å². The predicted molar refractivity (Wildman–Crippen MR) is 91.2 cm³/mol. The lowest BCUT2D eigenvalue weighted by Gasteiger charge is -2.27. The quantitative estimate of drug-likeness (QED) is 0.599.